The van der Waals surface area contributed by atoms with Crippen molar-refractivity contribution in [2.45, 2.75) is 25.4 Å². The standard InChI is InChI=1S/C13H16BrNO2/c1-13(17)5-7-15(8-6-13)12(16)10-3-2-4-11(14)9-10/h2-4,9,17H,5-8H2,1H3. The van der Waals surface area contributed by atoms with E-state index in [1.807, 2.05) is 31.2 Å². The quantitative estimate of drug-likeness (QED) is 0.865. The molecule has 0 atom stereocenters. The lowest BCUT2D eigenvalue weighted by atomic mass is 9.93. The van der Waals surface area contributed by atoms with Crippen molar-refractivity contribution in [3.63, 3.8) is 0 Å². The maximum Gasteiger partial charge on any atom is 0.253 e. The highest BCUT2D eigenvalue weighted by molar-refractivity contribution is 9.10. The lowest BCUT2D eigenvalue weighted by molar-refractivity contribution is -0.00202. The summed E-state index contributed by atoms with van der Waals surface area (Å²) in [5.74, 6) is 0.0433. The molecule has 0 aromatic heterocycles. The van der Waals surface area contributed by atoms with Crippen molar-refractivity contribution in [3.8, 4) is 0 Å². The molecule has 0 radical (unpaired) electrons. The van der Waals surface area contributed by atoms with E-state index < -0.39 is 5.60 Å². The van der Waals surface area contributed by atoms with Gasteiger partial charge < -0.3 is 10.0 Å². The number of likely N-dealkylation sites (tertiary alicyclic amines) is 1. The summed E-state index contributed by atoms with van der Waals surface area (Å²) in [5, 5.41) is 9.84. The molecule has 3 nitrogen and oxygen atoms in total. The smallest absolute Gasteiger partial charge is 0.253 e. The van der Waals surface area contributed by atoms with Gasteiger partial charge in [0.1, 0.15) is 0 Å². The van der Waals surface area contributed by atoms with Crippen LogP contribution in [-0.4, -0.2) is 34.6 Å². The van der Waals surface area contributed by atoms with Crippen molar-refractivity contribution in [3.05, 3.63) is 34.3 Å². The summed E-state index contributed by atoms with van der Waals surface area (Å²) in [6.07, 6.45) is 1.29. The zero-order chi connectivity index (χ0) is 12.5. The zero-order valence-electron chi connectivity index (χ0n) is 9.82. The summed E-state index contributed by atoms with van der Waals surface area (Å²) >= 11 is 3.36. The molecule has 1 N–H and O–H groups in total. The van der Waals surface area contributed by atoms with E-state index in [1.54, 1.807) is 4.90 Å². The van der Waals surface area contributed by atoms with E-state index in [-0.39, 0.29) is 5.91 Å². The Kier molecular flexibility index (Phi) is 3.54. The third-order valence-corrected chi connectivity index (χ3v) is 3.69. The van der Waals surface area contributed by atoms with Gasteiger partial charge in [0.15, 0.2) is 0 Å². The Labute approximate surface area is 110 Å². The number of piperidine rings is 1. The fourth-order valence-corrected chi connectivity index (χ4v) is 2.39. The molecule has 0 aliphatic carbocycles. The Morgan fingerprint density at radius 2 is 2.06 bits per heavy atom. The molecule has 0 unspecified atom stereocenters. The maximum atomic E-state index is 12.2. The average molecular weight is 298 g/mol. The predicted molar refractivity (Wildman–Crippen MR) is 69.9 cm³/mol. The van der Waals surface area contributed by atoms with Crippen LogP contribution in [0.15, 0.2) is 28.7 Å². The molecule has 1 fully saturated rings. The van der Waals surface area contributed by atoms with Crippen LogP contribution in [-0.2, 0) is 0 Å². The Balaban J connectivity index is 2.07. The van der Waals surface area contributed by atoms with Gasteiger partial charge in [-0.2, -0.15) is 0 Å². The van der Waals surface area contributed by atoms with Gasteiger partial charge in [0, 0.05) is 23.1 Å². The van der Waals surface area contributed by atoms with Crippen LogP contribution < -0.4 is 0 Å². The summed E-state index contributed by atoms with van der Waals surface area (Å²) in [5.41, 5.74) is 0.0783. The molecule has 1 aromatic rings. The molecular weight excluding hydrogens is 282 g/mol. The van der Waals surface area contributed by atoms with Crippen molar-refractivity contribution in [1.29, 1.82) is 0 Å². The first-order chi connectivity index (χ1) is 7.98. The number of halogens is 1. The average Bonchev–Trinajstić information content (AvgIpc) is 2.28. The second-order valence-electron chi connectivity index (χ2n) is 4.80. The molecule has 4 heteroatoms. The van der Waals surface area contributed by atoms with E-state index >= 15 is 0 Å². The van der Waals surface area contributed by atoms with E-state index in [0.717, 1.165) is 4.47 Å². The summed E-state index contributed by atoms with van der Waals surface area (Å²) < 4.78 is 0.910. The fourth-order valence-electron chi connectivity index (χ4n) is 2.00. The number of nitrogens with zero attached hydrogens (tertiary/aromatic N) is 1. The highest BCUT2D eigenvalue weighted by Crippen LogP contribution is 2.23. The molecule has 17 heavy (non-hydrogen) atoms. The van der Waals surface area contributed by atoms with E-state index in [9.17, 15) is 9.90 Å². The van der Waals surface area contributed by atoms with Crippen molar-refractivity contribution in [1.82, 2.24) is 4.90 Å². The van der Waals surface area contributed by atoms with Crippen LogP contribution in [0.2, 0.25) is 0 Å². The van der Waals surface area contributed by atoms with Gasteiger partial charge in [-0.25, -0.2) is 0 Å². The van der Waals surface area contributed by atoms with Gasteiger partial charge >= 0.3 is 0 Å². The Bertz CT molecular complexity index is 421. The number of hydrogen-bond acceptors (Lipinski definition) is 2. The van der Waals surface area contributed by atoms with E-state index in [1.165, 1.54) is 0 Å². The van der Waals surface area contributed by atoms with Gasteiger partial charge in [-0.1, -0.05) is 22.0 Å². The van der Waals surface area contributed by atoms with Gasteiger partial charge in [-0.15, -0.1) is 0 Å². The third-order valence-electron chi connectivity index (χ3n) is 3.20. The third kappa shape index (κ3) is 3.07. The SMILES string of the molecule is CC1(O)CCN(C(=O)c2cccc(Br)c2)CC1. The number of hydrogen-bond donors (Lipinski definition) is 1. The Morgan fingerprint density at radius 3 is 2.65 bits per heavy atom. The molecule has 0 bridgehead atoms. The van der Waals surface area contributed by atoms with Crippen molar-refractivity contribution < 1.29 is 9.90 Å². The van der Waals surface area contributed by atoms with E-state index in [0.29, 0.717) is 31.5 Å². The topological polar surface area (TPSA) is 40.5 Å². The summed E-state index contributed by atoms with van der Waals surface area (Å²) in [6.45, 7) is 3.07. The van der Waals surface area contributed by atoms with Crippen LogP contribution in [0.25, 0.3) is 0 Å². The zero-order valence-corrected chi connectivity index (χ0v) is 11.4. The van der Waals surface area contributed by atoms with E-state index in [4.69, 9.17) is 0 Å². The van der Waals surface area contributed by atoms with Crippen LogP contribution in [0, 0.1) is 0 Å². The molecule has 1 aliphatic heterocycles. The largest absolute Gasteiger partial charge is 0.390 e. The van der Waals surface area contributed by atoms with Crippen LogP contribution in [0.4, 0.5) is 0 Å². The Hall–Kier alpha value is -0.870. The second-order valence-corrected chi connectivity index (χ2v) is 5.72. The minimum absolute atomic E-state index is 0.0433. The number of carbonyl (C=O) groups excluding carboxylic acids is 1. The first-order valence-electron chi connectivity index (χ1n) is 5.75. The molecule has 1 aliphatic rings. The summed E-state index contributed by atoms with van der Waals surface area (Å²) in [4.78, 5) is 14.0. The molecule has 1 heterocycles. The number of aliphatic hydroxyl groups is 1. The van der Waals surface area contributed by atoms with Gasteiger partial charge in [0.2, 0.25) is 0 Å². The summed E-state index contributed by atoms with van der Waals surface area (Å²) in [6, 6.07) is 7.41. The van der Waals surface area contributed by atoms with Gasteiger partial charge in [-0.05, 0) is 38.0 Å². The highest BCUT2D eigenvalue weighted by atomic mass is 79.9. The monoisotopic (exact) mass is 297 g/mol. The molecular formula is C13H16BrNO2. The molecule has 1 aromatic carbocycles. The number of amides is 1. The van der Waals surface area contributed by atoms with Gasteiger partial charge in [0.05, 0.1) is 5.60 Å². The van der Waals surface area contributed by atoms with Crippen LogP contribution in [0.1, 0.15) is 30.1 Å². The minimum atomic E-state index is -0.617. The fraction of sp³-hybridized carbons (Fsp3) is 0.462. The molecule has 1 saturated heterocycles. The van der Waals surface area contributed by atoms with Crippen LogP contribution in [0.3, 0.4) is 0 Å². The van der Waals surface area contributed by atoms with Gasteiger partial charge in [0.25, 0.3) is 5.91 Å². The molecule has 0 saturated carbocycles. The maximum absolute atomic E-state index is 12.2. The predicted octanol–water partition coefficient (Wildman–Crippen LogP) is 2.44. The van der Waals surface area contributed by atoms with Crippen molar-refractivity contribution >= 4 is 21.8 Å². The van der Waals surface area contributed by atoms with Gasteiger partial charge in [-0.3, -0.25) is 4.79 Å². The number of benzene rings is 1. The molecule has 2 rings (SSSR count). The van der Waals surface area contributed by atoms with Crippen molar-refractivity contribution in [2.75, 3.05) is 13.1 Å². The lowest BCUT2D eigenvalue weighted by Crippen LogP contribution is -2.45. The minimum Gasteiger partial charge on any atom is -0.390 e. The molecule has 1 amide bonds. The highest BCUT2D eigenvalue weighted by Gasteiger charge is 2.29. The van der Waals surface area contributed by atoms with E-state index in [2.05, 4.69) is 15.9 Å². The summed E-state index contributed by atoms with van der Waals surface area (Å²) in [7, 11) is 0. The normalized spacial score (nSPS) is 19.1. The van der Waals surface area contributed by atoms with Crippen LogP contribution >= 0.6 is 15.9 Å². The van der Waals surface area contributed by atoms with Crippen molar-refractivity contribution in [2.24, 2.45) is 0 Å². The lowest BCUT2D eigenvalue weighted by Gasteiger charge is -2.35. The van der Waals surface area contributed by atoms with Crippen LogP contribution in [0.5, 0.6) is 0 Å². The number of rotatable bonds is 1. The first kappa shape index (κ1) is 12.6. The first-order valence-corrected chi connectivity index (χ1v) is 6.54. The number of carbonyl (C=O) groups is 1. The Morgan fingerprint density at radius 1 is 1.41 bits per heavy atom. The molecule has 92 valence electrons. The molecule has 0 spiro atoms. The second kappa shape index (κ2) is 4.78.